The standard InChI is InChI=1S/C13H18BrNO3/c1-3-4-10(2)9-18-13-7-11(8-14)5-6-12(13)15(16)17/h5-7,10H,3-4,8-9H2,1-2H3. The Hall–Kier alpha value is -1.10. The Balaban J connectivity index is 2.80. The highest BCUT2D eigenvalue weighted by molar-refractivity contribution is 9.08. The summed E-state index contributed by atoms with van der Waals surface area (Å²) in [6, 6.07) is 4.96. The summed E-state index contributed by atoms with van der Waals surface area (Å²) in [7, 11) is 0. The SMILES string of the molecule is CCCC(C)COc1cc(CBr)ccc1[N+](=O)[O-]. The van der Waals surface area contributed by atoms with Crippen molar-refractivity contribution in [3.8, 4) is 5.75 Å². The number of nitro groups is 1. The van der Waals surface area contributed by atoms with Gasteiger partial charge in [0.1, 0.15) is 0 Å². The van der Waals surface area contributed by atoms with Gasteiger partial charge >= 0.3 is 5.69 Å². The molecule has 1 atom stereocenters. The highest BCUT2D eigenvalue weighted by atomic mass is 79.9. The lowest BCUT2D eigenvalue weighted by Crippen LogP contribution is -2.09. The van der Waals surface area contributed by atoms with Crippen LogP contribution in [0.25, 0.3) is 0 Å². The van der Waals surface area contributed by atoms with Gasteiger partial charge < -0.3 is 4.74 Å². The van der Waals surface area contributed by atoms with E-state index < -0.39 is 4.92 Å². The van der Waals surface area contributed by atoms with Gasteiger partial charge in [0.2, 0.25) is 0 Å². The maximum absolute atomic E-state index is 10.9. The van der Waals surface area contributed by atoms with E-state index in [2.05, 4.69) is 29.8 Å². The number of alkyl halides is 1. The van der Waals surface area contributed by atoms with Crippen molar-refractivity contribution >= 4 is 21.6 Å². The third kappa shape index (κ3) is 4.29. The van der Waals surface area contributed by atoms with Gasteiger partial charge in [-0.3, -0.25) is 10.1 Å². The summed E-state index contributed by atoms with van der Waals surface area (Å²) in [6.45, 7) is 4.72. The van der Waals surface area contributed by atoms with Crippen LogP contribution in [0.4, 0.5) is 5.69 Å². The van der Waals surface area contributed by atoms with Crippen LogP contribution >= 0.6 is 15.9 Å². The number of hydrogen-bond acceptors (Lipinski definition) is 3. The summed E-state index contributed by atoms with van der Waals surface area (Å²) < 4.78 is 5.59. The smallest absolute Gasteiger partial charge is 0.310 e. The van der Waals surface area contributed by atoms with E-state index in [0.717, 1.165) is 18.4 Å². The van der Waals surface area contributed by atoms with Gasteiger partial charge in [0, 0.05) is 11.4 Å². The molecule has 0 N–H and O–H groups in total. The lowest BCUT2D eigenvalue weighted by Gasteiger charge is -2.12. The molecule has 5 heteroatoms. The van der Waals surface area contributed by atoms with Gasteiger partial charge in [-0.15, -0.1) is 0 Å². The van der Waals surface area contributed by atoms with Crippen LogP contribution in [0.2, 0.25) is 0 Å². The molecule has 0 aromatic heterocycles. The van der Waals surface area contributed by atoms with Crippen molar-refractivity contribution in [1.29, 1.82) is 0 Å². The molecule has 0 bridgehead atoms. The maximum atomic E-state index is 10.9. The second kappa shape index (κ2) is 7.36. The molecule has 0 heterocycles. The summed E-state index contributed by atoms with van der Waals surface area (Å²) in [4.78, 5) is 10.5. The van der Waals surface area contributed by atoms with Gasteiger partial charge in [0.05, 0.1) is 11.5 Å². The van der Waals surface area contributed by atoms with Crippen molar-refractivity contribution < 1.29 is 9.66 Å². The van der Waals surface area contributed by atoms with Crippen molar-refractivity contribution in [3.63, 3.8) is 0 Å². The van der Waals surface area contributed by atoms with Crippen molar-refractivity contribution in [1.82, 2.24) is 0 Å². The number of halogens is 1. The summed E-state index contributed by atoms with van der Waals surface area (Å²) in [5.41, 5.74) is 1.00. The highest BCUT2D eigenvalue weighted by Crippen LogP contribution is 2.29. The van der Waals surface area contributed by atoms with Crippen LogP contribution in [-0.4, -0.2) is 11.5 Å². The van der Waals surface area contributed by atoms with Crippen LogP contribution in [0.1, 0.15) is 32.3 Å². The van der Waals surface area contributed by atoms with E-state index >= 15 is 0 Å². The summed E-state index contributed by atoms with van der Waals surface area (Å²) in [5, 5.41) is 11.6. The van der Waals surface area contributed by atoms with Crippen LogP contribution < -0.4 is 4.74 Å². The lowest BCUT2D eigenvalue weighted by molar-refractivity contribution is -0.385. The Morgan fingerprint density at radius 2 is 2.22 bits per heavy atom. The van der Waals surface area contributed by atoms with E-state index in [0.29, 0.717) is 23.6 Å². The minimum atomic E-state index is -0.405. The quantitative estimate of drug-likeness (QED) is 0.428. The van der Waals surface area contributed by atoms with Gasteiger partial charge in [-0.05, 0) is 24.0 Å². The molecule has 0 radical (unpaired) electrons. The minimum absolute atomic E-state index is 0.0309. The van der Waals surface area contributed by atoms with Gasteiger partial charge in [0.25, 0.3) is 0 Å². The highest BCUT2D eigenvalue weighted by Gasteiger charge is 2.16. The monoisotopic (exact) mass is 315 g/mol. The van der Waals surface area contributed by atoms with Crippen molar-refractivity contribution in [2.24, 2.45) is 5.92 Å². The van der Waals surface area contributed by atoms with Crippen LogP contribution in [0.3, 0.4) is 0 Å². The molecule has 0 fully saturated rings. The molecule has 0 amide bonds. The molecule has 1 aromatic rings. The number of hydrogen-bond donors (Lipinski definition) is 0. The van der Waals surface area contributed by atoms with E-state index in [1.807, 2.05) is 0 Å². The molecule has 4 nitrogen and oxygen atoms in total. The second-order valence-corrected chi connectivity index (χ2v) is 4.96. The van der Waals surface area contributed by atoms with Crippen LogP contribution in [-0.2, 0) is 5.33 Å². The normalized spacial score (nSPS) is 12.2. The molecule has 1 aromatic carbocycles. The van der Waals surface area contributed by atoms with Gasteiger partial charge in [-0.1, -0.05) is 42.3 Å². The number of nitrogens with zero attached hydrogens (tertiary/aromatic N) is 1. The number of nitro benzene ring substituents is 1. The van der Waals surface area contributed by atoms with Gasteiger partial charge in [-0.2, -0.15) is 0 Å². The number of benzene rings is 1. The number of rotatable bonds is 7. The third-order valence-corrected chi connectivity index (χ3v) is 3.33. The summed E-state index contributed by atoms with van der Waals surface area (Å²) in [5.74, 6) is 0.766. The first-order valence-electron chi connectivity index (χ1n) is 6.04. The minimum Gasteiger partial charge on any atom is -0.487 e. The first-order chi connectivity index (χ1) is 8.58. The fourth-order valence-corrected chi connectivity index (χ4v) is 2.07. The van der Waals surface area contributed by atoms with E-state index in [1.165, 1.54) is 6.07 Å². The lowest BCUT2D eigenvalue weighted by atomic mass is 10.1. The van der Waals surface area contributed by atoms with Crippen LogP contribution in [0, 0.1) is 16.0 Å². The molecule has 0 saturated carbocycles. The van der Waals surface area contributed by atoms with Crippen LogP contribution in [0.5, 0.6) is 5.75 Å². The first-order valence-corrected chi connectivity index (χ1v) is 7.16. The molecule has 0 aliphatic heterocycles. The largest absolute Gasteiger partial charge is 0.487 e. The molecular weight excluding hydrogens is 298 g/mol. The Morgan fingerprint density at radius 1 is 1.50 bits per heavy atom. The molecule has 1 unspecified atom stereocenters. The van der Waals surface area contributed by atoms with Crippen molar-refractivity contribution in [2.75, 3.05) is 6.61 Å². The summed E-state index contributed by atoms with van der Waals surface area (Å²) >= 11 is 3.33. The predicted octanol–water partition coefficient (Wildman–Crippen LogP) is 4.30. The topological polar surface area (TPSA) is 52.4 Å². The first kappa shape index (κ1) is 15.0. The Morgan fingerprint density at radius 3 is 2.78 bits per heavy atom. The van der Waals surface area contributed by atoms with Crippen LogP contribution in [0.15, 0.2) is 18.2 Å². The molecule has 1 rings (SSSR count). The van der Waals surface area contributed by atoms with Gasteiger partial charge in [-0.25, -0.2) is 0 Å². The molecule has 100 valence electrons. The molecule has 0 aliphatic rings. The molecule has 0 aliphatic carbocycles. The Labute approximate surface area is 116 Å². The Bertz CT molecular complexity index is 409. The average molecular weight is 316 g/mol. The van der Waals surface area contributed by atoms with E-state index in [-0.39, 0.29) is 5.69 Å². The third-order valence-electron chi connectivity index (χ3n) is 2.68. The van der Waals surface area contributed by atoms with Gasteiger partial charge in [0.15, 0.2) is 5.75 Å². The fourth-order valence-electron chi connectivity index (χ4n) is 1.72. The maximum Gasteiger partial charge on any atom is 0.310 e. The second-order valence-electron chi connectivity index (χ2n) is 4.40. The number of ether oxygens (including phenoxy) is 1. The zero-order valence-electron chi connectivity index (χ0n) is 10.7. The van der Waals surface area contributed by atoms with Crippen molar-refractivity contribution in [2.45, 2.75) is 32.0 Å². The molecule has 0 spiro atoms. The van der Waals surface area contributed by atoms with E-state index in [1.54, 1.807) is 12.1 Å². The Kier molecular flexibility index (Phi) is 6.12. The average Bonchev–Trinajstić information content (AvgIpc) is 2.36. The van der Waals surface area contributed by atoms with E-state index in [4.69, 9.17) is 4.74 Å². The molecule has 18 heavy (non-hydrogen) atoms. The zero-order chi connectivity index (χ0) is 13.5. The molecule has 0 saturated heterocycles. The molecular formula is C13H18BrNO3. The van der Waals surface area contributed by atoms with E-state index in [9.17, 15) is 10.1 Å². The summed E-state index contributed by atoms with van der Waals surface area (Å²) in [6.07, 6.45) is 2.15. The predicted molar refractivity (Wildman–Crippen MR) is 75.3 cm³/mol. The van der Waals surface area contributed by atoms with Crippen molar-refractivity contribution in [3.05, 3.63) is 33.9 Å². The zero-order valence-corrected chi connectivity index (χ0v) is 12.3. The fraction of sp³-hybridized carbons (Fsp3) is 0.538.